The summed E-state index contributed by atoms with van der Waals surface area (Å²) in [5.74, 6) is -0.310. The number of aromatic nitrogens is 1. The zero-order valence-electron chi connectivity index (χ0n) is 12.4. The van der Waals surface area contributed by atoms with Crippen molar-refractivity contribution in [1.82, 2.24) is 4.98 Å². The van der Waals surface area contributed by atoms with Crippen molar-refractivity contribution in [2.24, 2.45) is 5.73 Å². The highest BCUT2D eigenvalue weighted by molar-refractivity contribution is 6.47. The maximum absolute atomic E-state index is 6.40. The van der Waals surface area contributed by atoms with Crippen LogP contribution in [0.4, 0.5) is 0 Å². The number of nitrogens with two attached hydrogens (primary N) is 1. The predicted octanol–water partition coefficient (Wildman–Crippen LogP) is 2.80. The fraction of sp³-hybridized carbons (Fsp3) is 0.467. The van der Waals surface area contributed by atoms with Crippen molar-refractivity contribution in [3.05, 3.63) is 36.0 Å². The van der Waals surface area contributed by atoms with Crippen molar-refractivity contribution in [2.45, 2.75) is 44.8 Å². The molecular weight excluding hydrogens is 251 g/mol. The SMILES string of the molecule is CC1(C)OB([C@@H](N)c2cccc3[nH]ccc23)OC1(C)C. The van der Waals surface area contributed by atoms with Crippen LogP contribution >= 0.6 is 0 Å². The van der Waals surface area contributed by atoms with Gasteiger partial charge in [-0.3, -0.25) is 0 Å². The third-order valence-electron chi connectivity index (χ3n) is 4.55. The number of rotatable bonds is 2. The average molecular weight is 272 g/mol. The van der Waals surface area contributed by atoms with E-state index in [0.717, 1.165) is 16.5 Å². The van der Waals surface area contributed by atoms with E-state index >= 15 is 0 Å². The number of aromatic amines is 1. The Morgan fingerprint density at radius 3 is 2.40 bits per heavy atom. The van der Waals surface area contributed by atoms with Crippen molar-refractivity contribution in [3.63, 3.8) is 0 Å². The van der Waals surface area contributed by atoms with Gasteiger partial charge < -0.3 is 20.0 Å². The molecule has 2 heterocycles. The lowest BCUT2D eigenvalue weighted by Gasteiger charge is -2.32. The molecule has 0 aliphatic carbocycles. The van der Waals surface area contributed by atoms with Crippen LogP contribution in [0.2, 0.25) is 0 Å². The Morgan fingerprint density at radius 2 is 1.75 bits per heavy atom. The van der Waals surface area contributed by atoms with Gasteiger partial charge in [0.1, 0.15) is 0 Å². The van der Waals surface area contributed by atoms with Crippen molar-refractivity contribution >= 4 is 18.0 Å². The van der Waals surface area contributed by atoms with Gasteiger partial charge in [0, 0.05) is 17.1 Å². The first kappa shape index (κ1) is 13.7. The van der Waals surface area contributed by atoms with E-state index in [4.69, 9.17) is 15.0 Å². The van der Waals surface area contributed by atoms with Gasteiger partial charge in [0.15, 0.2) is 0 Å². The molecule has 1 aliphatic rings. The average Bonchev–Trinajstić information content (AvgIpc) is 2.91. The quantitative estimate of drug-likeness (QED) is 0.826. The molecule has 3 rings (SSSR count). The number of benzene rings is 1. The van der Waals surface area contributed by atoms with Crippen LogP contribution < -0.4 is 5.73 Å². The summed E-state index contributed by atoms with van der Waals surface area (Å²) >= 11 is 0. The van der Waals surface area contributed by atoms with Crippen LogP contribution in [0.1, 0.15) is 39.2 Å². The van der Waals surface area contributed by atoms with Gasteiger partial charge >= 0.3 is 7.12 Å². The number of nitrogens with one attached hydrogen (secondary N) is 1. The van der Waals surface area contributed by atoms with E-state index in [1.807, 2.05) is 58.2 Å². The van der Waals surface area contributed by atoms with Crippen LogP contribution in [-0.2, 0) is 9.31 Å². The molecule has 106 valence electrons. The molecule has 1 atom stereocenters. The second-order valence-corrected chi connectivity index (χ2v) is 6.44. The Balaban J connectivity index is 1.94. The summed E-state index contributed by atoms with van der Waals surface area (Å²) in [6.45, 7) is 8.15. The summed E-state index contributed by atoms with van der Waals surface area (Å²) in [6.07, 6.45) is 1.92. The Hall–Kier alpha value is -1.30. The van der Waals surface area contributed by atoms with Crippen LogP contribution in [0, 0.1) is 0 Å². The molecular formula is C15H21BN2O2. The predicted molar refractivity (Wildman–Crippen MR) is 81.3 cm³/mol. The molecule has 4 nitrogen and oxygen atoms in total. The molecule has 1 aromatic heterocycles. The highest BCUT2D eigenvalue weighted by atomic mass is 16.7. The minimum atomic E-state index is -0.430. The fourth-order valence-corrected chi connectivity index (χ4v) is 2.58. The lowest BCUT2D eigenvalue weighted by atomic mass is 9.74. The second kappa shape index (κ2) is 4.35. The summed E-state index contributed by atoms with van der Waals surface area (Å²) in [5, 5.41) is 1.12. The first-order chi connectivity index (χ1) is 9.32. The van der Waals surface area contributed by atoms with E-state index in [2.05, 4.69) is 4.98 Å². The van der Waals surface area contributed by atoms with Gasteiger partial charge in [0.05, 0.1) is 17.1 Å². The van der Waals surface area contributed by atoms with Crippen LogP contribution in [-0.4, -0.2) is 23.3 Å². The van der Waals surface area contributed by atoms with Crippen LogP contribution in [0.15, 0.2) is 30.5 Å². The highest BCUT2D eigenvalue weighted by Gasteiger charge is 2.53. The van der Waals surface area contributed by atoms with Gasteiger partial charge in [0.2, 0.25) is 0 Å². The van der Waals surface area contributed by atoms with Crippen molar-refractivity contribution < 1.29 is 9.31 Å². The molecule has 0 spiro atoms. The molecule has 5 heteroatoms. The van der Waals surface area contributed by atoms with Gasteiger partial charge in [-0.1, -0.05) is 12.1 Å². The Morgan fingerprint density at radius 1 is 1.10 bits per heavy atom. The molecule has 0 unspecified atom stereocenters. The zero-order chi connectivity index (χ0) is 14.5. The number of fused-ring (bicyclic) bond motifs is 1. The minimum Gasteiger partial charge on any atom is -0.402 e. The summed E-state index contributed by atoms with van der Waals surface area (Å²) in [4.78, 5) is 3.20. The number of hydrogen-bond donors (Lipinski definition) is 2. The fourth-order valence-electron chi connectivity index (χ4n) is 2.58. The molecule has 1 aliphatic heterocycles. The van der Waals surface area contributed by atoms with Crippen LogP contribution in [0.25, 0.3) is 10.9 Å². The minimum absolute atomic E-state index is 0.310. The number of hydrogen-bond acceptors (Lipinski definition) is 3. The van der Waals surface area contributed by atoms with Gasteiger partial charge in [-0.25, -0.2) is 0 Å². The standard InChI is InChI=1S/C15H21BN2O2/c1-14(2)15(3,4)20-16(19-14)13(17)11-6-5-7-12-10(11)8-9-18-12/h5-9,13,18H,17H2,1-4H3/t13-/m0/s1. The molecule has 20 heavy (non-hydrogen) atoms. The highest BCUT2D eigenvalue weighted by Crippen LogP contribution is 2.40. The molecule has 0 saturated carbocycles. The molecule has 0 bridgehead atoms. The van der Waals surface area contributed by atoms with Gasteiger partial charge in [-0.15, -0.1) is 0 Å². The molecule has 2 aromatic rings. The second-order valence-electron chi connectivity index (χ2n) is 6.44. The molecule has 1 aromatic carbocycles. The van der Waals surface area contributed by atoms with Crippen molar-refractivity contribution in [1.29, 1.82) is 0 Å². The lowest BCUT2D eigenvalue weighted by molar-refractivity contribution is 0.00578. The molecule has 1 saturated heterocycles. The maximum Gasteiger partial charge on any atom is 0.480 e. The smallest absolute Gasteiger partial charge is 0.402 e. The summed E-state index contributed by atoms with van der Waals surface area (Å²) < 4.78 is 12.1. The van der Waals surface area contributed by atoms with Gasteiger partial charge in [-0.05, 0) is 45.4 Å². The van der Waals surface area contributed by atoms with E-state index in [0.29, 0.717) is 0 Å². The first-order valence-corrected chi connectivity index (χ1v) is 6.99. The molecule has 1 fully saturated rings. The zero-order valence-corrected chi connectivity index (χ0v) is 12.4. The van der Waals surface area contributed by atoms with Crippen molar-refractivity contribution in [3.8, 4) is 0 Å². The monoisotopic (exact) mass is 272 g/mol. The Labute approximate surface area is 119 Å². The molecule has 3 N–H and O–H groups in total. The lowest BCUT2D eigenvalue weighted by Crippen LogP contribution is -2.41. The van der Waals surface area contributed by atoms with Crippen LogP contribution in [0.3, 0.4) is 0 Å². The van der Waals surface area contributed by atoms with Gasteiger partial charge in [-0.2, -0.15) is 0 Å². The van der Waals surface area contributed by atoms with Crippen molar-refractivity contribution in [2.75, 3.05) is 0 Å². The first-order valence-electron chi connectivity index (χ1n) is 6.99. The normalized spacial score (nSPS) is 22.4. The summed E-state index contributed by atoms with van der Waals surface area (Å²) in [7, 11) is -0.430. The van der Waals surface area contributed by atoms with E-state index in [1.54, 1.807) is 0 Å². The molecule has 0 radical (unpaired) electrons. The Kier molecular flexibility index (Phi) is 2.97. The Bertz CT molecular complexity index is 620. The van der Waals surface area contributed by atoms with Crippen LogP contribution in [0.5, 0.6) is 0 Å². The summed E-state index contributed by atoms with van der Waals surface area (Å²) in [5.41, 5.74) is 7.81. The topological polar surface area (TPSA) is 60.3 Å². The maximum atomic E-state index is 6.40. The van der Waals surface area contributed by atoms with E-state index in [-0.39, 0.29) is 17.1 Å². The van der Waals surface area contributed by atoms with Gasteiger partial charge in [0.25, 0.3) is 0 Å². The third kappa shape index (κ3) is 1.97. The summed E-state index contributed by atoms with van der Waals surface area (Å²) in [6, 6.07) is 8.11. The largest absolute Gasteiger partial charge is 0.480 e. The van der Waals surface area contributed by atoms with E-state index in [9.17, 15) is 0 Å². The third-order valence-corrected chi connectivity index (χ3v) is 4.55. The van der Waals surface area contributed by atoms with E-state index < -0.39 is 7.12 Å². The number of H-pyrrole nitrogens is 1. The molecule has 0 amide bonds. The van der Waals surface area contributed by atoms with E-state index in [1.165, 1.54) is 0 Å².